The van der Waals surface area contributed by atoms with Crippen LogP contribution in [0, 0.1) is 33.5 Å². The molecule has 5 atom stereocenters. The summed E-state index contributed by atoms with van der Waals surface area (Å²) in [5.74, 6) is -1.93. The Morgan fingerprint density at radius 1 is 1.39 bits per heavy atom. The Bertz CT molecular complexity index is 828. The molecule has 4 rings (SSSR count). The topological polar surface area (TPSA) is 104 Å². The summed E-state index contributed by atoms with van der Waals surface area (Å²) in [7, 11) is 0. The van der Waals surface area contributed by atoms with E-state index >= 15 is 0 Å². The van der Waals surface area contributed by atoms with E-state index in [0.717, 1.165) is 5.56 Å². The van der Waals surface area contributed by atoms with Crippen LogP contribution in [-0.2, 0) is 9.47 Å². The predicted octanol–water partition coefficient (Wildman–Crippen LogP) is 1.92. The van der Waals surface area contributed by atoms with Gasteiger partial charge in [0.2, 0.25) is 0 Å². The van der Waals surface area contributed by atoms with E-state index in [4.69, 9.17) is 26.8 Å². The molecule has 3 aliphatic rings. The van der Waals surface area contributed by atoms with Gasteiger partial charge in [-0.05, 0) is 24.6 Å². The largest absolute Gasteiger partial charge is 0.386 e. The molecule has 2 aliphatic heterocycles. The van der Waals surface area contributed by atoms with Crippen LogP contribution in [0.25, 0.3) is 0 Å². The average Bonchev–Trinajstić information content (AvgIpc) is 2.93. The van der Waals surface area contributed by atoms with Gasteiger partial charge in [-0.3, -0.25) is 0 Å². The van der Waals surface area contributed by atoms with Crippen LogP contribution >= 0.6 is 11.6 Å². The standard InChI is InChI=1S/C16H13ClN4O2/c1-9-6-22-16(23-9)15(8-19)12(10-3-2-4-11(17)5-10)14(15,7-18)13(20)21-16/h2-5,9,12H,6H2,1H3,(H2,20,21). The van der Waals surface area contributed by atoms with Gasteiger partial charge in [0.25, 0.3) is 5.91 Å². The van der Waals surface area contributed by atoms with Crippen molar-refractivity contribution in [2.24, 2.45) is 21.6 Å². The third-order valence-electron chi connectivity index (χ3n) is 4.98. The monoisotopic (exact) mass is 328 g/mol. The van der Waals surface area contributed by atoms with E-state index in [1.54, 1.807) is 18.2 Å². The molecule has 2 N–H and O–H groups in total. The van der Waals surface area contributed by atoms with Crippen molar-refractivity contribution in [3.63, 3.8) is 0 Å². The Morgan fingerprint density at radius 3 is 2.74 bits per heavy atom. The molecule has 1 saturated carbocycles. The lowest BCUT2D eigenvalue weighted by Crippen LogP contribution is -2.39. The second kappa shape index (κ2) is 4.24. The Morgan fingerprint density at radius 2 is 2.17 bits per heavy atom. The number of amidine groups is 1. The molecule has 0 amide bonds. The molecule has 5 unspecified atom stereocenters. The van der Waals surface area contributed by atoms with Crippen LogP contribution in [0.5, 0.6) is 0 Å². The summed E-state index contributed by atoms with van der Waals surface area (Å²) in [6.07, 6.45) is -0.230. The fourth-order valence-electron chi connectivity index (χ4n) is 4.05. The van der Waals surface area contributed by atoms with Gasteiger partial charge >= 0.3 is 0 Å². The molecule has 7 heteroatoms. The normalized spacial score (nSPS) is 43.6. The summed E-state index contributed by atoms with van der Waals surface area (Å²) >= 11 is 6.07. The molecule has 1 aromatic rings. The minimum atomic E-state index is -1.52. The third kappa shape index (κ3) is 1.38. The second-order valence-corrected chi connectivity index (χ2v) is 6.58. The minimum Gasteiger partial charge on any atom is -0.386 e. The smallest absolute Gasteiger partial charge is 0.293 e. The van der Waals surface area contributed by atoms with Gasteiger partial charge in [0.05, 0.1) is 24.8 Å². The zero-order valence-corrected chi connectivity index (χ0v) is 13.0. The highest BCUT2D eigenvalue weighted by Gasteiger charge is 2.94. The summed E-state index contributed by atoms with van der Waals surface area (Å²) in [5, 5.41) is 20.3. The number of nitrogens with two attached hydrogens (primary N) is 1. The maximum absolute atomic E-state index is 9.97. The number of ether oxygens (including phenoxy) is 2. The number of nitrogens with zero attached hydrogens (tertiary/aromatic N) is 3. The first-order chi connectivity index (χ1) is 11.0. The number of benzene rings is 1. The number of aliphatic imine (C=N–C) groups is 1. The molecule has 116 valence electrons. The van der Waals surface area contributed by atoms with Gasteiger partial charge in [0.15, 0.2) is 5.41 Å². The van der Waals surface area contributed by atoms with E-state index in [1.165, 1.54) is 0 Å². The Balaban J connectivity index is 1.93. The molecule has 6 nitrogen and oxygen atoms in total. The van der Waals surface area contributed by atoms with Crippen molar-refractivity contribution in [2.45, 2.75) is 24.9 Å². The summed E-state index contributed by atoms with van der Waals surface area (Å²) < 4.78 is 11.6. The first-order valence-corrected chi connectivity index (χ1v) is 7.61. The highest BCUT2D eigenvalue weighted by atomic mass is 35.5. The Kier molecular flexibility index (Phi) is 2.67. The highest BCUT2D eigenvalue weighted by molar-refractivity contribution is 6.30. The van der Waals surface area contributed by atoms with Gasteiger partial charge in [-0.15, -0.1) is 0 Å². The maximum Gasteiger partial charge on any atom is 0.293 e. The van der Waals surface area contributed by atoms with Crippen LogP contribution in [0.2, 0.25) is 5.02 Å². The van der Waals surface area contributed by atoms with Crippen LogP contribution in [0.15, 0.2) is 29.3 Å². The number of rotatable bonds is 1. The lowest BCUT2D eigenvalue weighted by atomic mass is 9.94. The summed E-state index contributed by atoms with van der Waals surface area (Å²) in [6, 6.07) is 11.5. The van der Waals surface area contributed by atoms with Crippen molar-refractivity contribution in [3.8, 4) is 12.1 Å². The maximum atomic E-state index is 9.97. The van der Waals surface area contributed by atoms with Crippen molar-refractivity contribution < 1.29 is 9.47 Å². The summed E-state index contributed by atoms with van der Waals surface area (Å²) in [6.45, 7) is 2.12. The predicted molar refractivity (Wildman–Crippen MR) is 81.1 cm³/mol. The Hall–Kier alpha value is -2.12. The van der Waals surface area contributed by atoms with Gasteiger partial charge in [-0.1, -0.05) is 23.7 Å². The van der Waals surface area contributed by atoms with E-state index in [0.29, 0.717) is 11.6 Å². The molecule has 23 heavy (non-hydrogen) atoms. The Labute approximate surface area is 138 Å². The highest BCUT2D eigenvalue weighted by Crippen LogP contribution is 2.82. The fraction of sp³-hybridized carbons (Fsp3) is 0.438. The first-order valence-electron chi connectivity index (χ1n) is 7.23. The lowest BCUT2D eigenvalue weighted by molar-refractivity contribution is -0.193. The van der Waals surface area contributed by atoms with Gasteiger partial charge in [-0.2, -0.15) is 10.5 Å². The zero-order valence-electron chi connectivity index (χ0n) is 12.3. The molecule has 0 bridgehead atoms. The third-order valence-corrected chi connectivity index (χ3v) is 5.22. The van der Waals surface area contributed by atoms with E-state index in [-0.39, 0.29) is 11.9 Å². The minimum absolute atomic E-state index is 0.0839. The van der Waals surface area contributed by atoms with Crippen molar-refractivity contribution >= 4 is 17.4 Å². The van der Waals surface area contributed by atoms with E-state index < -0.39 is 22.7 Å². The van der Waals surface area contributed by atoms with Gasteiger partial charge in [0, 0.05) is 10.9 Å². The number of fused-ring (bicyclic) bond motifs is 2. The lowest BCUT2D eigenvalue weighted by Gasteiger charge is -2.26. The second-order valence-electron chi connectivity index (χ2n) is 6.15. The van der Waals surface area contributed by atoms with Crippen LogP contribution < -0.4 is 5.73 Å². The SMILES string of the molecule is CC1COC2(N=C(N)C3(C#N)C(c4cccc(Cl)c4)C23C#N)O1. The molecule has 1 aliphatic carbocycles. The molecular formula is C16H13ClN4O2. The number of nitriles is 2. The van der Waals surface area contributed by atoms with E-state index in [9.17, 15) is 10.5 Å². The first kappa shape index (κ1) is 14.5. The van der Waals surface area contributed by atoms with Crippen LogP contribution in [0.4, 0.5) is 0 Å². The molecule has 0 radical (unpaired) electrons. The molecular weight excluding hydrogens is 316 g/mol. The number of hydrogen-bond acceptors (Lipinski definition) is 6. The van der Waals surface area contributed by atoms with Crippen LogP contribution in [0.1, 0.15) is 18.4 Å². The van der Waals surface area contributed by atoms with Crippen molar-refractivity contribution in [3.05, 3.63) is 34.9 Å². The molecule has 0 aromatic heterocycles. The van der Waals surface area contributed by atoms with E-state index in [1.807, 2.05) is 13.0 Å². The van der Waals surface area contributed by atoms with Crippen molar-refractivity contribution in [1.82, 2.24) is 0 Å². The fourth-order valence-corrected chi connectivity index (χ4v) is 4.25. The van der Waals surface area contributed by atoms with Gasteiger partial charge < -0.3 is 15.2 Å². The molecule has 1 spiro atoms. The quantitative estimate of drug-likeness (QED) is 0.848. The van der Waals surface area contributed by atoms with Crippen molar-refractivity contribution in [2.75, 3.05) is 6.61 Å². The molecule has 2 heterocycles. The van der Waals surface area contributed by atoms with Crippen molar-refractivity contribution in [1.29, 1.82) is 10.5 Å². The van der Waals surface area contributed by atoms with E-state index in [2.05, 4.69) is 17.1 Å². The number of hydrogen-bond donors (Lipinski definition) is 1. The zero-order chi connectivity index (χ0) is 16.5. The van der Waals surface area contributed by atoms with Gasteiger partial charge in [0.1, 0.15) is 11.3 Å². The molecule has 2 fully saturated rings. The molecule has 1 saturated heterocycles. The molecule has 1 aromatic carbocycles. The number of halogens is 1. The van der Waals surface area contributed by atoms with Crippen LogP contribution in [-0.4, -0.2) is 24.5 Å². The van der Waals surface area contributed by atoms with Crippen LogP contribution in [0.3, 0.4) is 0 Å². The summed E-state index contributed by atoms with van der Waals surface area (Å²) in [4.78, 5) is 4.26. The average molecular weight is 329 g/mol. The summed E-state index contributed by atoms with van der Waals surface area (Å²) in [5.41, 5.74) is 4.28. The van der Waals surface area contributed by atoms with Gasteiger partial charge in [-0.25, -0.2) is 4.99 Å².